The fraction of sp³-hybridized carbons (Fsp3) is 0.250. The van der Waals surface area contributed by atoms with Crippen LogP contribution in [-0.2, 0) is 11.3 Å². The Bertz CT molecular complexity index is 759. The maximum Gasteiger partial charge on any atom is 0.220 e. The third-order valence-corrected chi connectivity index (χ3v) is 3.64. The molecule has 0 spiro atoms. The van der Waals surface area contributed by atoms with Gasteiger partial charge in [-0.25, -0.2) is 0 Å². The molecule has 0 radical (unpaired) electrons. The van der Waals surface area contributed by atoms with Crippen molar-refractivity contribution in [2.45, 2.75) is 26.3 Å². The highest BCUT2D eigenvalue weighted by molar-refractivity contribution is 5.98. The number of nitriles is 1. The molecule has 0 aliphatic carbocycles. The second-order valence-electron chi connectivity index (χ2n) is 5.47. The number of carbonyl (C=O) groups excluding carboxylic acids is 2. The topological polar surface area (TPSA) is 79.2 Å². The molecular weight excluding hydrogens is 316 g/mol. The molecule has 0 aliphatic heterocycles. The van der Waals surface area contributed by atoms with E-state index in [1.165, 1.54) is 0 Å². The maximum absolute atomic E-state index is 12.1. The summed E-state index contributed by atoms with van der Waals surface area (Å²) in [7, 11) is 0. The minimum atomic E-state index is -0.177. The highest BCUT2D eigenvalue weighted by atomic mass is 16.5. The molecule has 2 rings (SSSR count). The normalized spacial score (nSPS) is 9.92. The van der Waals surface area contributed by atoms with Crippen LogP contribution in [0.3, 0.4) is 0 Å². The van der Waals surface area contributed by atoms with E-state index in [2.05, 4.69) is 5.32 Å². The molecule has 0 saturated heterocycles. The first-order chi connectivity index (χ1) is 12.1. The highest BCUT2D eigenvalue weighted by Gasteiger charge is 2.09. The Morgan fingerprint density at radius 3 is 2.32 bits per heavy atom. The second kappa shape index (κ2) is 9.24. The van der Waals surface area contributed by atoms with Crippen molar-refractivity contribution in [1.29, 1.82) is 5.26 Å². The molecule has 0 saturated carbocycles. The number of Topliss-reactive ketones (excluding diaryl/α,β-unsaturated/α-hetero) is 1. The van der Waals surface area contributed by atoms with Crippen LogP contribution in [-0.4, -0.2) is 18.3 Å². The lowest BCUT2D eigenvalue weighted by atomic mass is 10.1. The quantitative estimate of drug-likeness (QED) is 0.751. The largest absolute Gasteiger partial charge is 0.494 e. The molecule has 25 heavy (non-hydrogen) atoms. The summed E-state index contributed by atoms with van der Waals surface area (Å²) < 4.78 is 5.33. The van der Waals surface area contributed by atoms with Crippen LogP contribution in [0.5, 0.6) is 5.75 Å². The van der Waals surface area contributed by atoms with Gasteiger partial charge in [-0.05, 0) is 48.9 Å². The first-order valence-electron chi connectivity index (χ1n) is 8.14. The number of hydrogen-bond acceptors (Lipinski definition) is 4. The molecule has 0 heterocycles. The number of amides is 1. The van der Waals surface area contributed by atoms with Crippen molar-refractivity contribution in [2.75, 3.05) is 6.61 Å². The number of rotatable bonds is 8. The van der Waals surface area contributed by atoms with E-state index in [1.54, 1.807) is 48.5 Å². The van der Waals surface area contributed by atoms with E-state index in [1.807, 2.05) is 13.0 Å². The molecule has 5 nitrogen and oxygen atoms in total. The van der Waals surface area contributed by atoms with Gasteiger partial charge in [0.25, 0.3) is 0 Å². The van der Waals surface area contributed by atoms with Crippen molar-refractivity contribution >= 4 is 11.7 Å². The van der Waals surface area contributed by atoms with Crippen molar-refractivity contribution in [3.63, 3.8) is 0 Å². The molecule has 0 aliphatic rings. The van der Waals surface area contributed by atoms with Gasteiger partial charge in [0.1, 0.15) is 5.75 Å². The van der Waals surface area contributed by atoms with Gasteiger partial charge in [0, 0.05) is 24.9 Å². The van der Waals surface area contributed by atoms with Crippen LogP contribution < -0.4 is 10.1 Å². The van der Waals surface area contributed by atoms with Crippen molar-refractivity contribution in [1.82, 2.24) is 5.32 Å². The molecule has 5 heteroatoms. The Kier molecular flexibility index (Phi) is 6.73. The molecule has 0 fully saturated rings. The third kappa shape index (κ3) is 5.78. The van der Waals surface area contributed by atoms with E-state index < -0.39 is 0 Å². The van der Waals surface area contributed by atoms with E-state index in [0.717, 1.165) is 11.3 Å². The number of nitrogens with one attached hydrogen (secondary N) is 1. The standard InChI is InChI=1S/C20H20N2O3/c1-2-25-18-9-7-17(8-10-18)19(23)11-12-20(24)22-14-16-5-3-15(13-21)4-6-16/h3-10H,2,11-12,14H2,1H3,(H,22,24). The van der Waals surface area contributed by atoms with E-state index in [9.17, 15) is 9.59 Å². The molecular formula is C20H20N2O3. The summed E-state index contributed by atoms with van der Waals surface area (Å²) >= 11 is 0. The number of nitrogens with zero attached hydrogens (tertiary/aromatic N) is 1. The minimum Gasteiger partial charge on any atom is -0.494 e. The van der Waals surface area contributed by atoms with Crippen molar-refractivity contribution in [3.05, 3.63) is 65.2 Å². The van der Waals surface area contributed by atoms with Crippen LogP contribution in [0.2, 0.25) is 0 Å². The highest BCUT2D eigenvalue weighted by Crippen LogP contribution is 2.14. The molecule has 2 aromatic rings. The van der Waals surface area contributed by atoms with E-state index in [0.29, 0.717) is 24.3 Å². The first-order valence-corrected chi connectivity index (χ1v) is 8.14. The van der Waals surface area contributed by atoms with Crippen molar-refractivity contribution in [2.24, 2.45) is 0 Å². The predicted octanol–water partition coefficient (Wildman–Crippen LogP) is 3.24. The number of ketones is 1. The number of benzene rings is 2. The Hall–Kier alpha value is -3.13. The molecule has 1 N–H and O–H groups in total. The SMILES string of the molecule is CCOc1ccc(C(=O)CCC(=O)NCc2ccc(C#N)cc2)cc1. The Labute approximate surface area is 147 Å². The van der Waals surface area contributed by atoms with Crippen molar-refractivity contribution in [3.8, 4) is 11.8 Å². The average molecular weight is 336 g/mol. The fourth-order valence-electron chi connectivity index (χ4n) is 2.26. The fourth-order valence-corrected chi connectivity index (χ4v) is 2.26. The lowest BCUT2D eigenvalue weighted by molar-refractivity contribution is -0.121. The molecule has 128 valence electrons. The first kappa shape index (κ1) is 18.2. The minimum absolute atomic E-state index is 0.0726. The Balaban J connectivity index is 1.76. The lowest BCUT2D eigenvalue weighted by Crippen LogP contribution is -2.23. The summed E-state index contributed by atoms with van der Waals surface area (Å²) in [6.45, 7) is 2.85. The number of carbonyl (C=O) groups is 2. The van der Waals surface area contributed by atoms with Gasteiger partial charge < -0.3 is 10.1 Å². The Morgan fingerprint density at radius 2 is 1.72 bits per heavy atom. The van der Waals surface area contributed by atoms with Crippen LogP contribution >= 0.6 is 0 Å². The maximum atomic E-state index is 12.1. The smallest absolute Gasteiger partial charge is 0.220 e. The third-order valence-electron chi connectivity index (χ3n) is 3.64. The van der Waals surface area contributed by atoms with Gasteiger partial charge in [-0.15, -0.1) is 0 Å². The summed E-state index contributed by atoms with van der Waals surface area (Å²) in [5.41, 5.74) is 2.06. The molecule has 0 aromatic heterocycles. The summed E-state index contributed by atoms with van der Waals surface area (Å²) in [5.74, 6) is 0.472. The summed E-state index contributed by atoms with van der Waals surface area (Å²) in [6, 6.07) is 16.0. The van der Waals surface area contributed by atoms with Gasteiger partial charge in [-0.3, -0.25) is 9.59 Å². The van der Waals surface area contributed by atoms with Gasteiger partial charge in [0.2, 0.25) is 5.91 Å². The molecule has 0 bridgehead atoms. The predicted molar refractivity (Wildman–Crippen MR) is 94.2 cm³/mol. The van der Waals surface area contributed by atoms with E-state index in [4.69, 9.17) is 10.00 Å². The van der Waals surface area contributed by atoms with Gasteiger partial charge in [0.15, 0.2) is 5.78 Å². The van der Waals surface area contributed by atoms with Gasteiger partial charge >= 0.3 is 0 Å². The summed E-state index contributed by atoms with van der Waals surface area (Å²) in [4.78, 5) is 24.0. The van der Waals surface area contributed by atoms with Crippen LogP contribution in [0.25, 0.3) is 0 Å². The molecule has 0 atom stereocenters. The zero-order chi connectivity index (χ0) is 18.1. The molecule has 2 aromatic carbocycles. The number of hydrogen-bond donors (Lipinski definition) is 1. The second-order valence-corrected chi connectivity index (χ2v) is 5.47. The zero-order valence-corrected chi connectivity index (χ0v) is 14.1. The zero-order valence-electron chi connectivity index (χ0n) is 14.1. The molecule has 1 amide bonds. The lowest BCUT2D eigenvalue weighted by Gasteiger charge is -2.06. The summed E-state index contributed by atoms with van der Waals surface area (Å²) in [5, 5.41) is 11.5. The van der Waals surface area contributed by atoms with Crippen LogP contribution in [0.4, 0.5) is 0 Å². The van der Waals surface area contributed by atoms with Crippen LogP contribution in [0.15, 0.2) is 48.5 Å². The van der Waals surface area contributed by atoms with Gasteiger partial charge in [0.05, 0.1) is 18.2 Å². The summed E-state index contributed by atoms with van der Waals surface area (Å²) in [6.07, 6.45) is 0.301. The van der Waals surface area contributed by atoms with E-state index >= 15 is 0 Å². The van der Waals surface area contributed by atoms with Crippen LogP contribution in [0, 0.1) is 11.3 Å². The Morgan fingerprint density at radius 1 is 1.04 bits per heavy atom. The average Bonchev–Trinajstić information content (AvgIpc) is 2.65. The van der Waals surface area contributed by atoms with Crippen molar-refractivity contribution < 1.29 is 14.3 Å². The van der Waals surface area contributed by atoms with Crippen LogP contribution in [0.1, 0.15) is 41.3 Å². The monoisotopic (exact) mass is 336 g/mol. The van der Waals surface area contributed by atoms with Gasteiger partial charge in [-0.2, -0.15) is 5.26 Å². The van der Waals surface area contributed by atoms with E-state index in [-0.39, 0.29) is 24.5 Å². The van der Waals surface area contributed by atoms with Gasteiger partial charge in [-0.1, -0.05) is 12.1 Å². The molecule has 0 unspecified atom stereocenters. The number of ether oxygens (including phenoxy) is 1.